The van der Waals surface area contributed by atoms with Crippen LogP contribution in [0.5, 0.6) is 0 Å². The number of carbonyl (C=O) groups is 1. The number of halogens is 3. The molecule has 96 valence electrons. The minimum atomic E-state index is -4.70. The van der Waals surface area contributed by atoms with E-state index in [2.05, 4.69) is 5.92 Å². The maximum absolute atomic E-state index is 12.6. The third kappa shape index (κ3) is 2.94. The van der Waals surface area contributed by atoms with Crippen LogP contribution in [0.15, 0.2) is 18.2 Å². The Hall–Kier alpha value is -2.16. The Kier molecular flexibility index (Phi) is 3.86. The predicted molar refractivity (Wildman–Crippen MR) is 60.5 cm³/mol. The summed E-state index contributed by atoms with van der Waals surface area (Å²) in [5.74, 6) is 0.689. The Morgan fingerprint density at radius 3 is 2.56 bits per heavy atom. The summed E-state index contributed by atoms with van der Waals surface area (Å²) in [5, 5.41) is 8.81. The Morgan fingerprint density at radius 2 is 2.11 bits per heavy atom. The smallest absolute Gasteiger partial charge is 0.417 e. The standard InChI is InChI=1S/C12H10F3NO2/c1-3-6-16(2)8-4-5-10(12(13,14)15)9(7-8)11(17)18/h1,4-5,7H,6H2,2H3,(H,17,18). The lowest BCUT2D eigenvalue weighted by molar-refractivity contribution is -0.138. The van der Waals surface area contributed by atoms with E-state index < -0.39 is 23.3 Å². The molecule has 1 rings (SSSR count). The first kappa shape index (κ1) is 13.9. The van der Waals surface area contributed by atoms with E-state index in [0.29, 0.717) is 5.69 Å². The van der Waals surface area contributed by atoms with E-state index in [0.717, 1.165) is 12.1 Å². The minimum absolute atomic E-state index is 0.171. The summed E-state index contributed by atoms with van der Waals surface area (Å²) < 4.78 is 37.7. The van der Waals surface area contributed by atoms with Gasteiger partial charge in [0, 0.05) is 12.7 Å². The molecule has 0 aliphatic rings. The van der Waals surface area contributed by atoms with E-state index in [-0.39, 0.29) is 6.54 Å². The number of nitrogens with zero attached hydrogens (tertiary/aromatic N) is 1. The van der Waals surface area contributed by atoms with Gasteiger partial charge in [-0.2, -0.15) is 13.2 Å². The highest BCUT2D eigenvalue weighted by Gasteiger charge is 2.35. The van der Waals surface area contributed by atoms with Gasteiger partial charge < -0.3 is 10.0 Å². The first-order chi connectivity index (χ1) is 8.27. The van der Waals surface area contributed by atoms with Crippen LogP contribution in [-0.2, 0) is 6.18 Å². The van der Waals surface area contributed by atoms with E-state index in [1.807, 2.05) is 0 Å². The Labute approximate surface area is 102 Å². The highest BCUT2D eigenvalue weighted by Crippen LogP contribution is 2.33. The van der Waals surface area contributed by atoms with Gasteiger partial charge in [0.25, 0.3) is 0 Å². The van der Waals surface area contributed by atoms with Gasteiger partial charge in [0.1, 0.15) is 0 Å². The molecular weight excluding hydrogens is 247 g/mol. The molecule has 0 aliphatic carbocycles. The van der Waals surface area contributed by atoms with Gasteiger partial charge in [0.15, 0.2) is 0 Å². The number of aromatic carboxylic acids is 1. The lowest BCUT2D eigenvalue weighted by Crippen LogP contribution is -2.19. The van der Waals surface area contributed by atoms with Crippen LogP contribution in [0.25, 0.3) is 0 Å². The maximum Gasteiger partial charge on any atom is 0.417 e. The fourth-order valence-corrected chi connectivity index (χ4v) is 1.42. The molecule has 1 N–H and O–H groups in total. The third-order valence-corrected chi connectivity index (χ3v) is 2.31. The van der Waals surface area contributed by atoms with Crippen LogP contribution >= 0.6 is 0 Å². The van der Waals surface area contributed by atoms with Crippen molar-refractivity contribution in [1.82, 2.24) is 0 Å². The second-order valence-corrected chi connectivity index (χ2v) is 3.59. The molecule has 3 nitrogen and oxygen atoms in total. The van der Waals surface area contributed by atoms with Crippen LogP contribution in [0.1, 0.15) is 15.9 Å². The summed E-state index contributed by atoms with van der Waals surface area (Å²) in [7, 11) is 1.56. The van der Waals surface area contributed by atoms with E-state index in [1.165, 1.54) is 11.0 Å². The fourth-order valence-electron chi connectivity index (χ4n) is 1.42. The van der Waals surface area contributed by atoms with Gasteiger partial charge in [-0.15, -0.1) is 6.42 Å². The van der Waals surface area contributed by atoms with Gasteiger partial charge in [0.2, 0.25) is 0 Å². The summed E-state index contributed by atoms with van der Waals surface area (Å²) in [5.41, 5.74) is -1.64. The van der Waals surface area contributed by atoms with Crippen LogP contribution in [0, 0.1) is 12.3 Å². The summed E-state index contributed by atoms with van der Waals surface area (Å²) in [6.07, 6.45) is 0.378. The number of carboxylic acids is 1. The summed E-state index contributed by atoms with van der Waals surface area (Å²) in [6, 6.07) is 2.89. The Morgan fingerprint density at radius 1 is 1.50 bits per heavy atom. The monoisotopic (exact) mass is 257 g/mol. The van der Waals surface area contributed by atoms with Crippen molar-refractivity contribution in [2.24, 2.45) is 0 Å². The second kappa shape index (κ2) is 5.00. The molecule has 0 aromatic heterocycles. The fraction of sp³-hybridized carbons (Fsp3) is 0.250. The largest absolute Gasteiger partial charge is 0.478 e. The highest BCUT2D eigenvalue weighted by atomic mass is 19.4. The molecule has 6 heteroatoms. The van der Waals surface area contributed by atoms with Gasteiger partial charge in [-0.25, -0.2) is 4.79 Å². The molecule has 0 unspecified atom stereocenters. The van der Waals surface area contributed by atoms with E-state index in [9.17, 15) is 18.0 Å². The molecule has 0 saturated carbocycles. The molecule has 1 aromatic carbocycles. The number of hydrogen-bond acceptors (Lipinski definition) is 2. The molecule has 0 bridgehead atoms. The van der Waals surface area contributed by atoms with Crippen molar-refractivity contribution in [3.05, 3.63) is 29.3 Å². The van der Waals surface area contributed by atoms with Crippen molar-refractivity contribution in [3.63, 3.8) is 0 Å². The Bertz CT molecular complexity index is 503. The predicted octanol–water partition coefficient (Wildman–Crippen LogP) is 2.47. The van der Waals surface area contributed by atoms with Crippen molar-refractivity contribution < 1.29 is 23.1 Å². The molecule has 0 saturated heterocycles. The van der Waals surface area contributed by atoms with Gasteiger partial charge in [-0.3, -0.25) is 0 Å². The zero-order chi connectivity index (χ0) is 13.9. The minimum Gasteiger partial charge on any atom is -0.478 e. The van der Waals surface area contributed by atoms with Crippen LogP contribution in [-0.4, -0.2) is 24.7 Å². The van der Waals surface area contributed by atoms with E-state index >= 15 is 0 Å². The number of terminal acetylenes is 1. The average molecular weight is 257 g/mol. The van der Waals surface area contributed by atoms with Gasteiger partial charge in [-0.1, -0.05) is 5.92 Å². The first-order valence-electron chi connectivity index (χ1n) is 4.86. The maximum atomic E-state index is 12.6. The number of anilines is 1. The summed E-state index contributed by atoms with van der Waals surface area (Å²) in [6.45, 7) is 0.171. The van der Waals surface area contributed by atoms with Crippen LogP contribution < -0.4 is 4.90 Å². The van der Waals surface area contributed by atoms with Crippen LogP contribution in [0.4, 0.5) is 18.9 Å². The lowest BCUT2D eigenvalue weighted by atomic mass is 10.1. The number of benzene rings is 1. The normalized spacial score (nSPS) is 10.8. The zero-order valence-electron chi connectivity index (χ0n) is 9.45. The molecule has 0 radical (unpaired) electrons. The molecule has 0 fully saturated rings. The number of rotatable bonds is 3. The van der Waals surface area contributed by atoms with Gasteiger partial charge in [0.05, 0.1) is 17.7 Å². The number of carboxylic acid groups (broad SMARTS) is 1. The molecule has 0 amide bonds. The van der Waals surface area contributed by atoms with Gasteiger partial charge in [-0.05, 0) is 18.2 Å². The number of hydrogen-bond donors (Lipinski definition) is 1. The average Bonchev–Trinajstić information content (AvgIpc) is 2.27. The first-order valence-corrected chi connectivity index (χ1v) is 4.86. The molecular formula is C12H10F3NO2. The molecule has 0 atom stereocenters. The topological polar surface area (TPSA) is 40.5 Å². The Balaban J connectivity index is 3.29. The molecule has 0 aliphatic heterocycles. The number of alkyl halides is 3. The lowest BCUT2D eigenvalue weighted by Gasteiger charge is -2.18. The van der Waals surface area contributed by atoms with Crippen LogP contribution in [0.2, 0.25) is 0 Å². The second-order valence-electron chi connectivity index (χ2n) is 3.59. The molecule has 0 heterocycles. The van der Waals surface area contributed by atoms with Crippen molar-refractivity contribution >= 4 is 11.7 Å². The quantitative estimate of drug-likeness (QED) is 0.846. The van der Waals surface area contributed by atoms with Gasteiger partial charge >= 0.3 is 12.1 Å². The van der Waals surface area contributed by atoms with E-state index in [1.54, 1.807) is 7.05 Å². The SMILES string of the molecule is C#CCN(C)c1ccc(C(F)(F)F)c(C(=O)O)c1. The third-order valence-electron chi connectivity index (χ3n) is 2.31. The molecule has 0 spiro atoms. The van der Waals surface area contributed by atoms with Crippen LogP contribution in [0.3, 0.4) is 0 Å². The van der Waals surface area contributed by atoms with Crippen molar-refractivity contribution in [1.29, 1.82) is 0 Å². The summed E-state index contributed by atoms with van der Waals surface area (Å²) in [4.78, 5) is 12.3. The molecule has 18 heavy (non-hydrogen) atoms. The zero-order valence-corrected chi connectivity index (χ0v) is 9.45. The molecule has 1 aromatic rings. The van der Waals surface area contributed by atoms with Crippen molar-refractivity contribution in [3.8, 4) is 12.3 Å². The van der Waals surface area contributed by atoms with Crippen molar-refractivity contribution in [2.75, 3.05) is 18.5 Å². The highest BCUT2D eigenvalue weighted by molar-refractivity contribution is 5.91. The summed E-state index contributed by atoms with van der Waals surface area (Å²) >= 11 is 0. The van der Waals surface area contributed by atoms with E-state index in [4.69, 9.17) is 11.5 Å². The van der Waals surface area contributed by atoms with Crippen molar-refractivity contribution in [2.45, 2.75) is 6.18 Å².